The largest absolute Gasteiger partial charge is 0.388 e. The summed E-state index contributed by atoms with van der Waals surface area (Å²) in [5.74, 6) is 0.0378. The lowest BCUT2D eigenvalue weighted by molar-refractivity contribution is -0.127. The molecule has 2 atom stereocenters. The fraction of sp³-hybridized carbons (Fsp3) is 0.650. The number of aliphatic hydroxyl groups excluding tert-OH is 1. The number of rotatable bonds is 2. The fourth-order valence-corrected chi connectivity index (χ4v) is 3.40. The Kier molecular flexibility index (Phi) is 7.11. The third kappa shape index (κ3) is 5.24. The smallest absolute Gasteiger partial charge is 0.138 e. The van der Waals surface area contributed by atoms with Crippen LogP contribution in [0.3, 0.4) is 0 Å². The van der Waals surface area contributed by atoms with Crippen LogP contribution in [0.2, 0.25) is 0 Å². The van der Waals surface area contributed by atoms with Crippen molar-refractivity contribution in [2.45, 2.75) is 77.2 Å². The second kappa shape index (κ2) is 9.09. The first-order valence-electron chi connectivity index (χ1n) is 8.96. The minimum atomic E-state index is -0.643. The number of ketones is 1. The Morgan fingerprint density at radius 1 is 0.909 bits per heavy atom. The van der Waals surface area contributed by atoms with Crippen LogP contribution in [0, 0.1) is 12.8 Å². The average Bonchev–Trinajstić information content (AvgIpc) is 2.51. The van der Waals surface area contributed by atoms with Crippen LogP contribution >= 0.6 is 0 Å². The first-order valence-corrected chi connectivity index (χ1v) is 8.96. The van der Waals surface area contributed by atoms with Crippen molar-refractivity contribution in [2.75, 3.05) is 0 Å². The Hall–Kier alpha value is -1.15. The summed E-state index contributed by atoms with van der Waals surface area (Å²) in [6.45, 7) is 2.04. The number of carbonyl (C=O) groups excluding carboxylic acids is 1. The van der Waals surface area contributed by atoms with Gasteiger partial charge in [-0.3, -0.25) is 4.79 Å². The summed E-state index contributed by atoms with van der Waals surface area (Å²) >= 11 is 0. The highest BCUT2D eigenvalue weighted by atomic mass is 16.3. The summed E-state index contributed by atoms with van der Waals surface area (Å²) in [4.78, 5) is 12.6. The molecule has 0 aliphatic heterocycles. The molecular weight excluding hydrogens is 272 g/mol. The Morgan fingerprint density at radius 2 is 1.45 bits per heavy atom. The van der Waals surface area contributed by atoms with Crippen molar-refractivity contribution in [1.82, 2.24) is 0 Å². The van der Waals surface area contributed by atoms with Gasteiger partial charge in [-0.2, -0.15) is 0 Å². The molecule has 0 aromatic heterocycles. The van der Waals surface area contributed by atoms with E-state index in [1.54, 1.807) is 0 Å². The zero-order chi connectivity index (χ0) is 15.8. The summed E-state index contributed by atoms with van der Waals surface area (Å²) in [6.07, 6.45) is 10.3. The van der Waals surface area contributed by atoms with Gasteiger partial charge in [0.1, 0.15) is 5.78 Å². The fourth-order valence-electron chi connectivity index (χ4n) is 3.40. The van der Waals surface area contributed by atoms with Crippen LogP contribution in [0.1, 0.15) is 81.4 Å². The van der Waals surface area contributed by atoms with E-state index in [-0.39, 0.29) is 11.7 Å². The van der Waals surface area contributed by atoms with Crippen LogP contribution in [0.5, 0.6) is 0 Å². The molecule has 0 spiro atoms. The molecule has 1 fully saturated rings. The maximum atomic E-state index is 12.6. The van der Waals surface area contributed by atoms with E-state index < -0.39 is 6.10 Å². The predicted octanol–water partition coefficient (Wildman–Crippen LogP) is 5.13. The van der Waals surface area contributed by atoms with Crippen LogP contribution in [-0.4, -0.2) is 10.9 Å². The van der Waals surface area contributed by atoms with Crippen LogP contribution in [0.4, 0.5) is 0 Å². The molecule has 1 saturated carbocycles. The maximum Gasteiger partial charge on any atom is 0.138 e. The number of carbonyl (C=O) groups is 1. The van der Waals surface area contributed by atoms with Crippen molar-refractivity contribution < 1.29 is 9.90 Å². The quantitative estimate of drug-likeness (QED) is 0.822. The molecule has 1 aliphatic rings. The minimum absolute atomic E-state index is 0.220. The lowest BCUT2D eigenvalue weighted by Crippen LogP contribution is -2.22. The molecule has 0 saturated heterocycles. The molecule has 0 unspecified atom stereocenters. The van der Waals surface area contributed by atoms with E-state index in [4.69, 9.17) is 0 Å². The van der Waals surface area contributed by atoms with Crippen molar-refractivity contribution >= 4 is 5.78 Å². The van der Waals surface area contributed by atoms with E-state index in [0.29, 0.717) is 6.42 Å². The molecule has 1 aromatic rings. The molecule has 122 valence electrons. The van der Waals surface area contributed by atoms with Gasteiger partial charge in [0.15, 0.2) is 0 Å². The van der Waals surface area contributed by atoms with Gasteiger partial charge in [-0.05, 0) is 25.3 Å². The molecular formula is C20H30O2. The van der Waals surface area contributed by atoms with Crippen LogP contribution < -0.4 is 0 Å². The van der Waals surface area contributed by atoms with Crippen molar-refractivity contribution in [3.63, 3.8) is 0 Å². The first-order chi connectivity index (χ1) is 10.7. The number of benzene rings is 1. The summed E-state index contributed by atoms with van der Waals surface area (Å²) in [7, 11) is 0. The summed E-state index contributed by atoms with van der Waals surface area (Å²) in [5, 5.41) is 10.7. The number of aliphatic hydroxyl groups is 1. The molecule has 0 radical (unpaired) electrons. The molecule has 22 heavy (non-hydrogen) atoms. The third-order valence-corrected chi connectivity index (χ3v) is 4.90. The van der Waals surface area contributed by atoms with Gasteiger partial charge in [-0.15, -0.1) is 0 Å². The van der Waals surface area contributed by atoms with Gasteiger partial charge in [0.2, 0.25) is 0 Å². The van der Waals surface area contributed by atoms with E-state index in [1.165, 1.54) is 37.7 Å². The molecule has 2 rings (SSSR count). The van der Waals surface area contributed by atoms with Crippen molar-refractivity contribution in [1.29, 1.82) is 0 Å². The van der Waals surface area contributed by atoms with Gasteiger partial charge in [0, 0.05) is 12.3 Å². The Morgan fingerprint density at radius 3 is 2.09 bits per heavy atom. The van der Waals surface area contributed by atoms with Gasteiger partial charge in [0.25, 0.3) is 0 Å². The SMILES string of the molecule is Cc1ccc([C@@H](O)[C@H]2CCCCCCCCCCC2=O)cc1. The average molecular weight is 302 g/mol. The van der Waals surface area contributed by atoms with Gasteiger partial charge in [0.05, 0.1) is 6.10 Å². The number of Topliss-reactive ketones (excluding diaryl/α,β-unsaturated/α-hetero) is 1. The summed E-state index contributed by atoms with van der Waals surface area (Å²) < 4.78 is 0. The first kappa shape index (κ1) is 17.2. The standard InChI is InChI=1S/C20H30O2/c1-16-12-14-17(15-13-16)20(22)18-10-8-6-4-2-3-5-7-9-11-19(18)21/h12-15,18,20,22H,2-11H2,1H3/t18-,20+/m0/s1. The van der Waals surface area contributed by atoms with Crippen molar-refractivity contribution in [2.24, 2.45) is 5.92 Å². The Balaban J connectivity index is 2.04. The van der Waals surface area contributed by atoms with Gasteiger partial charge < -0.3 is 5.11 Å². The predicted molar refractivity (Wildman–Crippen MR) is 90.8 cm³/mol. The normalized spacial score (nSPS) is 23.4. The molecule has 2 heteroatoms. The Labute approximate surface area is 134 Å². The van der Waals surface area contributed by atoms with Crippen molar-refractivity contribution in [3.8, 4) is 0 Å². The molecule has 1 N–H and O–H groups in total. The lowest BCUT2D eigenvalue weighted by Gasteiger charge is -2.23. The molecule has 0 bridgehead atoms. The van der Waals surface area contributed by atoms with Crippen molar-refractivity contribution in [3.05, 3.63) is 35.4 Å². The zero-order valence-corrected chi connectivity index (χ0v) is 13.9. The van der Waals surface area contributed by atoms with Crippen LogP contribution in [0.15, 0.2) is 24.3 Å². The van der Waals surface area contributed by atoms with Gasteiger partial charge >= 0.3 is 0 Å². The third-order valence-electron chi connectivity index (χ3n) is 4.90. The molecule has 2 nitrogen and oxygen atoms in total. The highest BCUT2D eigenvalue weighted by Crippen LogP contribution is 2.30. The maximum absolute atomic E-state index is 12.6. The van der Waals surface area contributed by atoms with Gasteiger partial charge in [-0.25, -0.2) is 0 Å². The highest BCUT2D eigenvalue weighted by molar-refractivity contribution is 5.81. The zero-order valence-electron chi connectivity index (χ0n) is 13.9. The highest BCUT2D eigenvalue weighted by Gasteiger charge is 2.27. The molecule has 0 amide bonds. The topological polar surface area (TPSA) is 37.3 Å². The number of hydrogen-bond donors (Lipinski definition) is 1. The van der Waals surface area contributed by atoms with Crippen LogP contribution in [0.25, 0.3) is 0 Å². The molecule has 0 heterocycles. The van der Waals surface area contributed by atoms with E-state index >= 15 is 0 Å². The second-order valence-corrected chi connectivity index (χ2v) is 6.80. The number of hydrogen-bond acceptors (Lipinski definition) is 2. The molecule has 1 aliphatic carbocycles. The lowest BCUT2D eigenvalue weighted by atomic mass is 9.85. The number of aryl methyl sites for hydroxylation is 1. The second-order valence-electron chi connectivity index (χ2n) is 6.80. The van der Waals surface area contributed by atoms with E-state index in [2.05, 4.69) is 0 Å². The Bertz CT molecular complexity index is 449. The van der Waals surface area contributed by atoms with E-state index in [1.807, 2.05) is 31.2 Å². The molecule has 1 aromatic carbocycles. The van der Waals surface area contributed by atoms with E-state index in [0.717, 1.165) is 31.2 Å². The summed E-state index contributed by atoms with van der Waals surface area (Å²) in [5.41, 5.74) is 2.07. The van der Waals surface area contributed by atoms with Gasteiger partial charge in [-0.1, -0.05) is 74.8 Å². The van der Waals surface area contributed by atoms with Crippen LogP contribution in [-0.2, 0) is 4.79 Å². The van der Waals surface area contributed by atoms with E-state index in [9.17, 15) is 9.90 Å². The minimum Gasteiger partial charge on any atom is -0.388 e. The monoisotopic (exact) mass is 302 g/mol. The summed E-state index contributed by atoms with van der Waals surface area (Å²) in [6, 6.07) is 7.95.